The van der Waals surface area contributed by atoms with E-state index < -0.39 is 0 Å². The van der Waals surface area contributed by atoms with Crippen molar-refractivity contribution in [2.75, 3.05) is 5.75 Å². The van der Waals surface area contributed by atoms with Gasteiger partial charge in [0.2, 0.25) is 5.91 Å². The molecule has 150 valence electrons. The number of halogens is 1. The van der Waals surface area contributed by atoms with Gasteiger partial charge in [-0.3, -0.25) is 9.36 Å². The van der Waals surface area contributed by atoms with Gasteiger partial charge in [0.25, 0.3) is 0 Å². The zero-order chi connectivity index (χ0) is 20.1. The number of nitrogens with one attached hydrogen (secondary N) is 1. The number of hydrogen-bond donors (Lipinski definition) is 1. The topological polar surface area (TPSA) is 69.0 Å². The van der Waals surface area contributed by atoms with Crippen LogP contribution < -0.4 is 10.1 Å². The van der Waals surface area contributed by atoms with E-state index in [-0.39, 0.29) is 12.5 Å². The Bertz CT molecular complexity index is 976. The van der Waals surface area contributed by atoms with E-state index in [0.717, 1.165) is 29.4 Å². The average Bonchev–Trinajstić information content (AvgIpc) is 3.51. The average molecular weight is 429 g/mol. The lowest BCUT2D eigenvalue weighted by molar-refractivity contribution is -0.118. The van der Waals surface area contributed by atoms with E-state index in [9.17, 15) is 4.79 Å². The first-order chi connectivity index (χ1) is 14.2. The maximum absolute atomic E-state index is 12.2. The minimum absolute atomic E-state index is 0.0296. The molecule has 0 spiro atoms. The third-order valence-electron chi connectivity index (χ3n) is 4.51. The van der Waals surface area contributed by atoms with Crippen molar-refractivity contribution in [3.8, 4) is 5.75 Å². The van der Waals surface area contributed by atoms with Crippen molar-refractivity contribution in [2.45, 2.75) is 37.2 Å². The van der Waals surface area contributed by atoms with Crippen molar-refractivity contribution in [3.05, 3.63) is 71.0 Å². The lowest BCUT2D eigenvalue weighted by Crippen LogP contribution is -2.24. The molecule has 0 bridgehead atoms. The molecule has 1 fully saturated rings. The van der Waals surface area contributed by atoms with Crippen LogP contribution in [0.5, 0.6) is 5.75 Å². The summed E-state index contributed by atoms with van der Waals surface area (Å²) in [6.07, 6.45) is 2.18. The molecule has 1 aromatic heterocycles. The molecule has 0 aliphatic heterocycles. The maximum atomic E-state index is 12.2. The summed E-state index contributed by atoms with van der Waals surface area (Å²) in [4.78, 5) is 12.2. The zero-order valence-electron chi connectivity index (χ0n) is 15.8. The molecule has 6 nitrogen and oxygen atoms in total. The molecule has 1 aliphatic carbocycles. The molecule has 4 rings (SSSR count). The first-order valence-electron chi connectivity index (χ1n) is 9.45. The predicted molar refractivity (Wildman–Crippen MR) is 113 cm³/mol. The number of nitrogens with zero attached hydrogens (tertiary/aromatic N) is 3. The first kappa shape index (κ1) is 19.8. The summed E-state index contributed by atoms with van der Waals surface area (Å²) in [7, 11) is 0. The molecule has 1 heterocycles. The van der Waals surface area contributed by atoms with E-state index in [2.05, 4.69) is 20.1 Å². The summed E-state index contributed by atoms with van der Waals surface area (Å²) in [5.74, 6) is 1.63. The summed E-state index contributed by atoms with van der Waals surface area (Å²) < 4.78 is 7.91. The maximum Gasteiger partial charge on any atom is 0.230 e. The van der Waals surface area contributed by atoms with Crippen molar-refractivity contribution >= 4 is 29.3 Å². The van der Waals surface area contributed by atoms with Gasteiger partial charge in [-0.1, -0.05) is 65.8 Å². The molecular formula is C21H21ClN4O2S. The molecule has 0 radical (unpaired) electrons. The Kier molecular flexibility index (Phi) is 6.36. The van der Waals surface area contributed by atoms with Crippen LogP contribution in [0.15, 0.2) is 59.8 Å². The monoisotopic (exact) mass is 428 g/mol. The van der Waals surface area contributed by atoms with Crippen LogP contribution in [0.1, 0.15) is 30.3 Å². The third kappa shape index (κ3) is 5.31. The fraction of sp³-hybridized carbons (Fsp3) is 0.286. The predicted octanol–water partition coefficient (Wildman–Crippen LogP) is 4.25. The second-order valence-corrected chi connectivity index (χ2v) is 8.12. The number of aromatic nitrogens is 3. The third-order valence-corrected chi connectivity index (χ3v) is 5.76. The molecule has 1 aliphatic rings. The highest BCUT2D eigenvalue weighted by molar-refractivity contribution is 7.99. The van der Waals surface area contributed by atoms with Gasteiger partial charge in [0.05, 0.1) is 10.8 Å². The molecule has 3 aromatic rings. The largest absolute Gasteiger partial charge is 0.484 e. The van der Waals surface area contributed by atoms with Crippen LogP contribution in [0.4, 0.5) is 0 Å². The molecule has 1 saturated carbocycles. The fourth-order valence-corrected chi connectivity index (χ4v) is 3.93. The number of carbonyl (C=O) groups excluding carboxylic acids is 1. The number of rotatable bonds is 9. The lowest BCUT2D eigenvalue weighted by Gasteiger charge is -2.11. The second-order valence-electron chi connectivity index (χ2n) is 6.77. The Hall–Kier alpha value is -2.51. The Morgan fingerprint density at radius 2 is 1.90 bits per heavy atom. The van der Waals surface area contributed by atoms with Crippen LogP contribution in [-0.4, -0.2) is 26.4 Å². The molecule has 1 N–H and O–H groups in total. The van der Waals surface area contributed by atoms with E-state index in [1.165, 1.54) is 11.8 Å². The standard InChI is InChI=1S/C21H21ClN4O2S/c22-17-8-4-5-9-18(17)28-13-19-24-25-21(26(19)16-10-11-16)29-14-20(27)23-12-15-6-2-1-3-7-15/h1-9,16H,10-14H2,(H,23,27). The Labute approximate surface area is 178 Å². The van der Waals surface area contributed by atoms with Gasteiger partial charge in [0.1, 0.15) is 12.4 Å². The van der Waals surface area contributed by atoms with Gasteiger partial charge in [-0.25, -0.2) is 0 Å². The number of amides is 1. The molecular weight excluding hydrogens is 408 g/mol. The number of thioether (sulfide) groups is 1. The van der Waals surface area contributed by atoms with E-state index in [1.807, 2.05) is 48.5 Å². The number of hydrogen-bond acceptors (Lipinski definition) is 5. The van der Waals surface area contributed by atoms with E-state index in [1.54, 1.807) is 6.07 Å². The van der Waals surface area contributed by atoms with Crippen molar-refractivity contribution in [3.63, 3.8) is 0 Å². The van der Waals surface area contributed by atoms with Gasteiger partial charge in [-0.15, -0.1) is 10.2 Å². The van der Waals surface area contributed by atoms with Crippen LogP contribution in [0.25, 0.3) is 0 Å². The summed E-state index contributed by atoms with van der Waals surface area (Å²) >= 11 is 7.55. The molecule has 0 saturated heterocycles. The summed E-state index contributed by atoms with van der Waals surface area (Å²) in [5, 5.41) is 12.8. The van der Waals surface area contributed by atoms with Crippen molar-refractivity contribution in [1.82, 2.24) is 20.1 Å². The molecule has 8 heteroatoms. The van der Waals surface area contributed by atoms with Crippen LogP contribution in [-0.2, 0) is 17.9 Å². The van der Waals surface area contributed by atoms with Crippen molar-refractivity contribution < 1.29 is 9.53 Å². The minimum atomic E-state index is -0.0296. The molecule has 1 amide bonds. The highest BCUT2D eigenvalue weighted by Gasteiger charge is 2.30. The normalized spacial score (nSPS) is 13.3. The summed E-state index contributed by atoms with van der Waals surface area (Å²) in [6, 6.07) is 17.6. The van der Waals surface area contributed by atoms with Gasteiger partial charge < -0.3 is 10.1 Å². The molecule has 2 aromatic carbocycles. The number of carbonyl (C=O) groups is 1. The van der Waals surface area contributed by atoms with Crippen molar-refractivity contribution in [2.24, 2.45) is 0 Å². The van der Waals surface area contributed by atoms with E-state index >= 15 is 0 Å². The summed E-state index contributed by atoms with van der Waals surface area (Å²) in [5.41, 5.74) is 1.08. The van der Waals surface area contributed by atoms with Crippen LogP contribution >= 0.6 is 23.4 Å². The Balaban J connectivity index is 1.34. The van der Waals surface area contributed by atoms with Gasteiger partial charge in [-0.05, 0) is 30.5 Å². The number of para-hydroxylation sites is 1. The number of ether oxygens (including phenoxy) is 1. The van der Waals surface area contributed by atoms with Crippen molar-refractivity contribution in [1.29, 1.82) is 0 Å². The molecule has 0 unspecified atom stereocenters. The van der Waals surface area contributed by atoms with E-state index in [4.69, 9.17) is 16.3 Å². The minimum Gasteiger partial charge on any atom is -0.484 e. The second kappa shape index (κ2) is 9.33. The number of benzene rings is 2. The smallest absolute Gasteiger partial charge is 0.230 e. The summed E-state index contributed by atoms with van der Waals surface area (Å²) in [6.45, 7) is 0.806. The molecule has 0 atom stereocenters. The zero-order valence-corrected chi connectivity index (χ0v) is 17.3. The lowest BCUT2D eigenvalue weighted by atomic mass is 10.2. The van der Waals surface area contributed by atoms with Crippen LogP contribution in [0, 0.1) is 0 Å². The van der Waals surface area contributed by atoms with E-state index in [0.29, 0.717) is 29.1 Å². The fourth-order valence-electron chi connectivity index (χ4n) is 2.89. The van der Waals surface area contributed by atoms with Crippen LogP contribution in [0.2, 0.25) is 5.02 Å². The van der Waals surface area contributed by atoms with Gasteiger partial charge in [-0.2, -0.15) is 0 Å². The first-order valence-corrected chi connectivity index (χ1v) is 10.8. The van der Waals surface area contributed by atoms with Gasteiger partial charge in [0, 0.05) is 12.6 Å². The van der Waals surface area contributed by atoms with Gasteiger partial charge >= 0.3 is 0 Å². The van der Waals surface area contributed by atoms with Crippen LogP contribution in [0.3, 0.4) is 0 Å². The Morgan fingerprint density at radius 3 is 2.66 bits per heavy atom. The highest BCUT2D eigenvalue weighted by atomic mass is 35.5. The molecule has 29 heavy (non-hydrogen) atoms. The Morgan fingerprint density at radius 1 is 1.14 bits per heavy atom. The van der Waals surface area contributed by atoms with Gasteiger partial charge in [0.15, 0.2) is 11.0 Å². The highest BCUT2D eigenvalue weighted by Crippen LogP contribution is 2.39. The SMILES string of the molecule is O=C(CSc1nnc(COc2ccccc2Cl)n1C1CC1)NCc1ccccc1. The quantitative estimate of drug-likeness (QED) is 0.516.